The summed E-state index contributed by atoms with van der Waals surface area (Å²) in [7, 11) is -5.34. The van der Waals surface area contributed by atoms with E-state index in [4.69, 9.17) is 4.74 Å². The van der Waals surface area contributed by atoms with Crippen LogP contribution in [0.4, 0.5) is 13.2 Å². The molecule has 0 atom stereocenters. The topological polar surface area (TPSA) is 72.5 Å². The van der Waals surface area contributed by atoms with E-state index in [1.54, 1.807) is 13.8 Å². The standard InChI is InChI=1S/C11H18F3NO4S/c1-8(2)9(16)19-7-10(3,4)5-6-15-20(17,18)11(12,13)14/h15H,1,5-7H2,2-4H3. The fourth-order valence-electron chi connectivity index (χ4n) is 1.06. The highest BCUT2D eigenvalue weighted by Gasteiger charge is 2.45. The number of hydrogen-bond acceptors (Lipinski definition) is 4. The van der Waals surface area contributed by atoms with Gasteiger partial charge in [0.05, 0.1) is 6.61 Å². The lowest BCUT2D eigenvalue weighted by Crippen LogP contribution is -2.38. The van der Waals surface area contributed by atoms with Crippen LogP contribution in [0.15, 0.2) is 12.2 Å². The number of rotatable bonds is 7. The Hall–Kier alpha value is -1.09. The van der Waals surface area contributed by atoms with Crippen LogP contribution >= 0.6 is 0 Å². The summed E-state index contributed by atoms with van der Waals surface area (Å²) in [6.45, 7) is 7.68. The van der Waals surface area contributed by atoms with Crippen molar-refractivity contribution in [3.8, 4) is 0 Å². The Morgan fingerprint density at radius 1 is 1.30 bits per heavy atom. The van der Waals surface area contributed by atoms with Gasteiger partial charge in [-0.05, 0) is 13.3 Å². The van der Waals surface area contributed by atoms with Crippen LogP contribution in [0.5, 0.6) is 0 Å². The monoisotopic (exact) mass is 317 g/mol. The van der Waals surface area contributed by atoms with E-state index < -0.39 is 33.5 Å². The lowest BCUT2D eigenvalue weighted by atomic mass is 9.91. The van der Waals surface area contributed by atoms with E-state index in [9.17, 15) is 26.4 Å². The van der Waals surface area contributed by atoms with Crippen LogP contribution in [-0.4, -0.2) is 33.0 Å². The highest BCUT2D eigenvalue weighted by atomic mass is 32.2. The second-order valence-electron chi connectivity index (χ2n) is 5.11. The van der Waals surface area contributed by atoms with Crippen LogP contribution in [-0.2, 0) is 19.6 Å². The van der Waals surface area contributed by atoms with E-state index in [2.05, 4.69) is 6.58 Å². The minimum atomic E-state index is -5.34. The zero-order valence-corrected chi connectivity index (χ0v) is 12.3. The molecule has 0 aliphatic rings. The maximum absolute atomic E-state index is 12.1. The predicted octanol–water partition coefficient (Wildman–Crippen LogP) is 1.96. The molecule has 0 aromatic rings. The molecule has 0 fully saturated rings. The second kappa shape index (κ2) is 6.57. The van der Waals surface area contributed by atoms with Crippen LogP contribution in [0.2, 0.25) is 0 Å². The summed E-state index contributed by atoms with van der Waals surface area (Å²) >= 11 is 0. The first-order valence-corrected chi connectivity index (χ1v) is 7.15. The van der Waals surface area contributed by atoms with Gasteiger partial charge in [-0.15, -0.1) is 0 Å². The Morgan fingerprint density at radius 2 is 1.80 bits per heavy atom. The van der Waals surface area contributed by atoms with Crippen molar-refractivity contribution < 1.29 is 31.1 Å². The normalized spacial score (nSPS) is 13.1. The number of esters is 1. The van der Waals surface area contributed by atoms with Gasteiger partial charge >= 0.3 is 21.5 Å². The Morgan fingerprint density at radius 3 is 2.20 bits per heavy atom. The van der Waals surface area contributed by atoms with Crippen molar-refractivity contribution in [2.75, 3.05) is 13.2 Å². The molecule has 0 saturated heterocycles. The van der Waals surface area contributed by atoms with Crippen molar-refractivity contribution in [3.63, 3.8) is 0 Å². The molecule has 0 aliphatic heterocycles. The lowest BCUT2D eigenvalue weighted by Gasteiger charge is -2.24. The molecule has 5 nitrogen and oxygen atoms in total. The Balaban J connectivity index is 4.31. The molecule has 0 amide bonds. The van der Waals surface area contributed by atoms with E-state index in [0.29, 0.717) is 0 Å². The first-order chi connectivity index (χ1) is 8.78. The van der Waals surface area contributed by atoms with Crippen molar-refractivity contribution in [1.82, 2.24) is 4.72 Å². The molecule has 0 unspecified atom stereocenters. The van der Waals surface area contributed by atoms with Crippen LogP contribution in [0, 0.1) is 5.41 Å². The van der Waals surface area contributed by atoms with Crippen LogP contribution < -0.4 is 4.72 Å². The van der Waals surface area contributed by atoms with Gasteiger partial charge in [0.2, 0.25) is 0 Å². The molecular formula is C11H18F3NO4S. The van der Waals surface area contributed by atoms with Crippen molar-refractivity contribution in [1.29, 1.82) is 0 Å². The van der Waals surface area contributed by atoms with Gasteiger partial charge in [-0.3, -0.25) is 0 Å². The quantitative estimate of drug-likeness (QED) is 0.575. The molecule has 0 rings (SSSR count). The minimum absolute atomic E-state index is 0.0492. The van der Waals surface area contributed by atoms with Gasteiger partial charge < -0.3 is 4.74 Å². The van der Waals surface area contributed by atoms with Crippen LogP contribution in [0.25, 0.3) is 0 Å². The smallest absolute Gasteiger partial charge is 0.462 e. The fraction of sp³-hybridized carbons (Fsp3) is 0.727. The van der Waals surface area contributed by atoms with Gasteiger partial charge in [-0.25, -0.2) is 17.9 Å². The zero-order valence-electron chi connectivity index (χ0n) is 11.5. The van der Waals surface area contributed by atoms with Crippen molar-refractivity contribution in [2.24, 2.45) is 5.41 Å². The summed E-state index contributed by atoms with van der Waals surface area (Å²) in [5.74, 6) is -0.603. The second-order valence-corrected chi connectivity index (χ2v) is 6.87. The van der Waals surface area contributed by atoms with E-state index in [0.717, 1.165) is 0 Å². The first-order valence-electron chi connectivity index (χ1n) is 5.67. The minimum Gasteiger partial charge on any atom is -0.462 e. The third-order valence-corrected chi connectivity index (χ3v) is 3.53. The number of halogens is 3. The van der Waals surface area contributed by atoms with Gasteiger partial charge in [0, 0.05) is 17.5 Å². The molecule has 0 aliphatic carbocycles. The van der Waals surface area contributed by atoms with Crippen molar-refractivity contribution in [3.05, 3.63) is 12.2 Å². The molecule has 0 saturated carbocycles. The highest BCUT2D eigenvalue weighted by molar-refractivity contribution is 7.90. The Labute approximate surface area is 116 Å². The Kier molecular flexibility index (Phi) is 6.22. The first kappa shape index (κ1) is 18.9. The Bertz CT molecular complexity index is 469. The lowest BCUT2D eigenvalue weighted by molar-refractivity contribution is -0.142. The fourth-order valence-corrected chi connectivity index (χ4v) is 1.60. The molecule has 0 spiro atoms. The van der Waals surface area contributed by atoms with Gasteiger partial charge in [0.15, 0.2) is 0 Å². The molecule has 0 bridgehead atoms. The van der Waals surface area contributed by atoms with Crippen LogP contribution in [0.1, 0.15) is 27.2 Å². The molecule has 0 heterocycles. The zero-order chi connectivity index (χ0) is 16.2. The predicted molar refractivity (Wildman–Crippen MR) is 67.1 cm³/mol. The third kappa shape index (κ3) is 6.38. The van der Waals surface area contributed by atoms with E-state index in [1.807, 2.05) is 0 Å². The molecule has 20 heavy (non-hydrogen) atoms. The third-order valence-electron chi connectivity index (χ3n) is 2.34. The average molecular weight is 317 g/mol. The molecule has 0 aromatic heterocycles. The number of sulfonamides is 1. The molecule has 118 valence electrons. The maximum atomic E-state index is 12.1. The van der Waals surface area contributed by atoms with Crippen molar-refractivity contribution >= 4 is 16.0 Å². The van der Waals surface area contributed by atoms with E-state index >= 15 is 0 Å². The summed E-state index contributed by atoms with van der Waals surface area (Å²) in [4.78, 5) is 11.2. The number of carbonyl (C=O) groups is 1. The highest BCUT2D eigenvalue weighted by Crippen LogP contribution is 2.24. The van der Waals surface area contributed by atoms with E-state index in [-0.39, 0.29) is 18.6 Å². The van der Waals surface area contributed by atoms with Gasteiger partial charge in [-0.2, -0.15) is 13.2 Å². The molecule has 9 heteroatoms. The van der Waals surface area contributed by atoms with Crippen molar-refractivity contribution in [2.45, 2.75) is 32.7 Å². The molecule has 0 radical (unpaired) electrons. The summed E-state index contributed by atoms with van der Waals surface area (Å²) in [5.41, 5.74) is -5.79. The summed E-state index contributed by atoms with van der Waals surface area (Å²) in [6.07, 6.45) is 0.0752. The maximum Gasteiger partial charge on any atom is 0.511 e. The number of alkyl halides is 3. The summed E-state index contributed by atoms with van der Waals surface area (Å²) < 4.78 is 64.1. The van der Waals surface area contributed by atoms with Gasteiger partial charge in [0.25, 0.3) is 0 Å². The summed E-state index contributed by atoms with van der Waals surface area (Å²) in [6, 6.07) is 0. The largest absolute Gasteiger partial charge is 0.511 e. The molecular weight excluding hydrogens is 299 g/mol. The van der Waals surface area contributed by atoms with E-state index in [1.165, 1.54) is 11.6 Å². The van der Waals surface area contributed by atoms with Gasteiger partial charge in [-0.1, -0.05) is 20.4 Å². The molecule has 1 N–H and O–H groups in total. The summed E-state index contributed by atoms with van der Waals surface area (Å²) in [5, 5.41) is 0. The number of nitrogens with one attached hydrogen (secondary N) is 1. The van der Waals surface area contributed by atoms with Gasteiger partial charge in [0.1, 0.15) is 0 Å². The number of carbonyl (C=O) groups excluding carboxylic acids is 1. The molecule has 0 aromatic carbocycles. The SMILES string of the molecule is C=C(C)C(=O)OCC(C)(C)CCNS(=O)(=O)C(F)(F)F. The average Bonchev–Trinajstić information content (AvgIpc) is 2.23. The number of ether oxygens (including phenoxy) is 1. The number of hydrogen-bond donors (Lipinski definition) is 1. The van der Waals surface area contributed by atoms with Crippen LogP contribution in [0.3, 0.4) is 0 Å².